The van der Waals surface area contributed by atoms with Crippen LogP contribution >= 0.6 is 21.6 Å². The largest absolute Gasteiger partial charge is 1.00 e. The minimum Gasteiger partial charge on any atom is -0.748 e. The van der Waals surface area contributed by atoms with Gasteiger partial charge in [0, 0.05) is 23.0 Å². The Labute approximate surface area is 275 Å². The first-order valence-electron chi connectivity index (χ1n) is 13.3. The van der Waals surface area contributed by atoms with Crippen molar-refractivity contribution in [3.63, 3.8) is 0 Å². The number of hydrogen-bond acceptors (Lipinski definition) is 8. The summed E-state index contributed by atoms with van der Waals surface area (Å²) in [5.41, 5.74) is 0. The molecule has 6 nitrogen and oxygen atoms in total. The van der Waals surface area contributed by atoms with Crippen LogP contribution in [0.25, 0.3) is 0 Å². The van der Waals surface area contributed by atoms with E-state index in [0.717, 1.165) is 38.5 Å². The molecular formula is C24H48Na2O6S4. The summed E-state index contributed by atoms with van der Waals surface area (Å²) >= 11 is 0. The summed E-state index contributed by atoms with van der Waals surface area (Å²) in [5.74, 6) is 2.07. The Morgan fingerprint density at radius 2 is 0.556 bits per heavy atom. The summed E-state index contributed by atoms with van der Waals surface area (Å²) in [5, 5.41) is 0. The third kappa shape index (κ3) is 41.0. The van der Waals surface area contributed by atoms with Crippen molar-refractivity contribution in [3.05, 3.63) is 0 Å². The molecule has 0 aromatic rings. The molecule has 206 valence electrons. The first-order chi connectivity index (χ1) is 16.2. The molecule has 0 bridgehead atoms. The molecule has 0 aliphatic heterocycles. The average Bonchev–Trinajstić information content (AvgIpc) is 2.74. The topological polar surface area (TPSA) is 114 Å². The van der Waals surface area contributed by atoms with Gasteiger partial charge in [-0.2, -0.15) is 0 Å². The fraction of sp³-hybridized carbons (Fsp3) is 1.00. The summed E-state index contributed by atoms with van der Waals surface area (Å²) in [6.45, 7) is 0. The predicted octanol–water partition coefficient (Wildman–Crippen LogP) is 1.27. The van der Waals surface area contributed by atoms with Crippen LogP contribution in [0.15, 0.2) is 0 Å². The summed E-state index contributed by atoms with van der Waals surface area (Å²) in [4.78, 5) is 0. The van der Waals surface area contributed by atoms with E-state index in [1.54, 1.807) is 0 Å². The molecule has 0 heterocycles. The average molecular weight is 607 g/mol. The van der Waals surface area contributed by atoms with Crippen molar-refractivity contribution in [1.82, 2.24) is 0 Å². The maximum atomic E-state index is 10.5. The van der Waals surface area contributed by atoms with E-state index in [0.29, 0.717) is 12.8 Å². The molecule has 0 spiro atoms. The number of unbranched alkanes of at least 4 members (excludes halogenated alkanes) is 18. The second-order valence-corrected chi connectivity index (χ2v) is 15.0. The van der Waals surface area contributed by atoms with Gasteiger partial charge >= 0.3 is 59.1 Å². The van der Waals surface area contributed by atoms with Crippen molar-refractivity contribution in [2.24, 2.45) is 0 Å². The van der Waals surface area contributed by atoms with Crippen LogP contribution in [0.5, 0.6) is 0 Å². The van der Waals surface area contributed by atoms with Gasteiger partial charge in [-0.25, -0.2) is 16.8 Å². The SMILES string of the molecule is O=S(=O)([O-])CCCCCCCCCCCCSSCCCCCCCCCCCCS(=O)(=O)[O-].[Na+].[Na+]. The van der Waals surface area contributed by atoms with E-state index in [9.17, 15) is 25.9 Å². The minimum atomic E-state index is -4.03. The van der Waals surface area contributed by atoms with Crippen LogP contribution in [0, 0.1) is 0 Å². The molecule has 0 unspecified atom stereocenters. The van der Waals surface area contributed by atoms with Gasteiger partial charge in [0.15, 0.2) is 0 Å². The molecular weight excluding hydrogens is 559 g/mol. The molecule has 0 saturated heterocycles. The van der Waals surface area contributed by atoms with Gasteiger partial charge in [0.25, 0.3) is 0 Å². The summed E-state index contributed by atoms with van der Waals surface area (Å²) in [7, 11) is -4.03. The van der Waals surface area contributed by atoms with Gasteiger partial charge in [-0.05, 0) is 25.7 Å². The number of rotatable bonds is 27. The third-order valence-electron chi connectivity index (χ3n) is 5.83. The fourth-order valence-corrected chi connectivity index (χ4v) is 7.24. The van der Waals surface area contributed by atoms with Gasteiger partial charge in [0.2, 0.25) is 0 Å². The van der Waals surface area contributed by atoms with Crippen molar-refractivity contribution in [1.29, 1.82) is 0 Å². The molecule has 0 N–H and O–H groups in total. The summed E-state index contributed by atoms with van der Waals surface area (Å²) < 4.78 is 63.0. The smallest absolute Gasteiger partial charge is 0.748 e. The van der Waals surface area contributed by atoms with E-state index in [2.05, 4.69) is 0 Å². The Bertz CT molecular complexity index is 593. The van der Waals surface area contributed by atoms with Gasteiger partial charge in [-0.15, -0.1) is 0 Å². The molecule has 36 heavy (non-hydrogen) atoms. The van der Waals surface area contributed by atoms with Gasteiger partial charge < -0.3 is 9.11 Å². The predicted molar refractivity (Wildman–Crippen MR) is 146 cm³/mol. The summed E-state index contributed by atoms with van der Waals surface area (Å²) in [6, 6.07) is 0. The molecule has 0 radical (unpaired) electrons. The molecule has 0 aliphatic rings. The van der Waals surface area contributed by atoms with E-state index in [4.69, 9.17) is 0 Å². The van der Waals surface area contributed by atoms with Crippen molar-refractivity contribution in [3.8, 4) is 0 Å². The fourth-order valence-electron chi connectivity index (χ4n) is 3.83. The Morgan fingerprint density at radius 3 is 0.778 bits per heavy atom. The van der Waals surface area contributed by atoms with Crippen LogP contribution in [0.3, 0.4) is 0 Å². The van der Waals surface area contributed by atoms with E-state index >= 15 is 0 Å². The van der Waals surface area contributed by atoms with E-state index in [1.165, 1.54) is 88.6 Å². The van der Waals surface area contributed by atoms with E-state index in [-0.39, 0.29) is 70.6 Å². The molecule has 0 saturated carbocycles. The van der Waals surface area contributed by atoms with E-state index in [1.807, 2.05) is 21.6 Å². The van der Waals surface area contributed by atoms with Crippen molar-refractivity contribution < 1.29 is 85.1 Å². The Balaban J connectivity index is -0.00000544. The maximum absolute atomic E-state index is 10.5. The first-order valence-corrected chi connectivity index (χ1v) is 19.0. The number of hydrogen-bond donors (Lipinski definition) is 0. The van der Waals surface area contributed by atoms with Gasteiger partial charge in [0.1, 0.15) is 0 Å². The van der Waals surface area contributed by atoms with Crippen LogP contribution in [0.4, 0.5) is 0 Å². The molecule has 0 aromatic heterocycles. The normalized spacial score (nSPS) is 11.7. The summed E-state index contributed by atoms with van der Waals surface area (Å²) in [6.07, 6.45) is 22.4. The molecule has 0 fully saturated rings. The standard InChI is InChI=1S/C24H50O6S4.2Na/c25-33(26,27)23-19-15-11-7-3-1-5-9-13-17-21-31-32-22-18-14-10-6-2-4-8-12-16-20-24-34(28,29)30;;/h1-24H2,(H,25,26,27)(H,28,29,30);;/q;2*+1/p-2. The van der Waals surface area contributed by atoms with Gasteiger partial charge in [-0.3, -0.25) is 0 Å². The van der Waals surface area contributed by atoms with Crippen LogP contribution in [-0.2, 0) is 20.2 Å². The Hall–Kier alpha value is 2.52. The zero-order chi connectivity index (χ0) is 25.4. The monoisotopic (exact) mass is 606 g/mol. The van der Waals surface area contributed by atoms with Crippen molar-refractivity contribution >= 4 is 41.8 Å². The van der Waals surface area contributed by atoms with Crippen LogP contribution < -0.4 is 59.1 Å². The molecule has 0 rings (SSSR count). The second kappa shape index (κ2) is 30.5. The first kappa shape index (κ1) is 43.0. The van der Waals surface area contributed by atoms with Gasteiger partial charge in [0.05, 0.1) is 20.2 Å². The molecule has 0 amide bonds. The quantitative estimate of drug-likeness (QED) is 0.0595. The second-order valence-electron chi connectivity index (χ2n) is 9.24. The maximum Gasteiger partial charge on any atom is 1.00 e. The van der Waals surface area contributed by atoms with E-state index < -0.39 is 20.2 Å². The Morgan fingerprint density at radius 1 is 0.361 bits per heavy atom. The van der Waals surface area contributed by atoms with Crippen molar-refractivity contribution in [2.45, 2.75) is 128 Å². The van der Waals surface area contributed by atoms with Crippen LogP contribution in [0.1, 0.15) is 128 Å². The molecule has 12 heteroatoms. The molecule has 0 atom stereocenters. The minimum absolute atomic E-state index is 0. The zero-order valence-electron chi connectivity index (χ0n) is 23.1. The van der Waals surface area contributed by atoms with Crippen molar-refractivity contribution in [2.75, 3.05) is 23.0 Å². The van der Waals surface area contributed by atoms with Gasteiger partial charge in [-0.1, -0.05) is 124 Å². The molecule has 0 aromatic carbocycles. The molecule has 0 aliphatic carbocycles. The third-order valence-corrected chi connectivity index (χ3v) is 9.98. The Kier molecular flexibility index (Phi) is 36.4. The zero-order valence-corrected chi connectivity index (χ0v) is 30.3. The van der Waals surface area contributed by atoms with Crippen LogP contribution in [0.2, 0.25) is 0 Å². The van der Waals surface area contributed by atoms with Crippen LogP contribution in [-0.4, -0.2) is 49.0 Å².